The lowest BCUT2D eigenvalue weighted by atomic mass is 9.91. The van der Waals surface area contributed by atoms with Crippen LogP contribution in [0.15, 0.2) is 12.4 Å². The van der Waals surface area contributed by atoms with Gasteiger partial charge in [-0.15, -0.1) is 0 Å². The van der Waals surface area contributed by atoms with Gasteiger partial charge in [0.1, 0.15) is 5.82 Å². The molecule has 0 amide bonds. The van der Waals surface area contributed by atoms with Crippen LogP contribution >= 0.6 is 0 Å². The molecule has 1 aliphatic carbocycles. The van der Waals surface area contributed by atoms with E-state index in [2.05, 4.69) is 15.3 Å². The second kappa shape index (κ2) is 4.57. The van der Waals surface area contributed by atoms with Crippen molar-refractivity contribution < 1.29 is 0 Å². The fraction of sp³-hybridized carbons (Fsp3) is 0.636. The molecular formula is C11H18N4. The molecule has 0 unspecified atom stereocenters. The third-order valence-corrected chi connectivity index (χ3v) is 3.02. The fourth-order valence-electron chi connectivity index (χ4n) is 2.06. The number of nitrogens with zero attached hydrogens (tertiary/aromatic N) is 2. The van der Waals surface area contributed by atoms with Gasteiger partial charge in [0.2, 0.25) is 0 Å². The average Bonchev–Trinajstić information content (AvgIpc) is 2.24. The Hall–Kier alpha value is -1.16. The molecule has 1 aromatic rings. The van der Waals surface area contributed by atoms with Crippen LogP contribution in [0.3, 0.4) is 0 Å². The predicted molar refractivity (Wildman–Crippen MR) is 60.6 cm³/mol. The molecule has 4 nitrogen and oxygen atoms in total. The number of hydrogen-bond acceptors (Lipinski definition) is 4. The largest absolute Gasteiger partial charge is 0.364 e. The van der Waals surface area contributed by atoms with Crippen molar-refractivity contribution >= 4 is 5.82 Å². The van der Waals surface area contributed by atoms with Gasteiger partial charge in [-0.3, -0.25) is 4.98 Å². The smallest absolute Gasteiger partial charge is 0.147 e. The highest BCUT2D eigenvalue weighted by Crippen LogP contribution is 2.20. The van der Waals surface area contributed by atoms with Gasteiger partial charge in [-0.2, -0.15) is 0 Å². The van der Waals surface area contributed by atoms with Crippen LogP contribution in [0.4, 0.5) is 5.82 Å². The molecule has 0 spiro atoms. The third-order valence-electron chi connectivity index (χ3n) is 3.02. The lowest BCUT2D eigenvalue weighted by Gasteiger charge is -2.29. The Morgan fingerprint density at radius 1 is 1.27 bits per heavy atom. The van der Waals surface area contributed by atoms with Crippen LogP contribution in [-0.2, 0) is 0 Å². The van der Waals surface area contributed by atoms with E-state index < -0.39 is 0 Å². The van der Waals surface area contributed by atoms with Crippen LogP contribution in [0, 0.1) is 6.92 Å². The standard InChI is InChI=1S/C11H18N4/c1-8-11(14-7-6-13-8)15-10-5-3-2-4-9(10)12/h6-7,9-10H,2-5,12H2,1H3,(H,14,15)/t9-,10-/m0/s1. The van der Waals surface area contributed by atoms with Gasteiger partial charge in [-0.05, 0) is 19.8 Å². The molecule has 1 saturated carbocycles. The summed E-state index contributed by atoms with van der Waals surface area (Å²) in [5.41, 5.74) is 7.01. The van der Waals surface area contributed by atoms with Crippen molar-refractivity contribution in [2.24, 2.45) is 5.73 Å². The number of hydrogen-bond donors (Lipinski definition) is 2. The summed E-state index contributed by atoms with van der Waals surface area (Å²) < 4.78 is 0. The van der Waals surface area contributed by atoms with Crippen LogP contribution in [0.25, 0.3) is 0 Å². The number of rotatable bonds is 2. The van der Waals surface area contributed by atoms with Crippen LogP contribution in [-0.4, -0.2) is 22.1 Å². The number of aromatic nitrogens is 2. The number of aryl methyl sites for hydroxylation is 1. The Bertz CT molecular complexity index is 326. The van der Waals surface area contributed by atoms with E-state index in [-0.39, 0.29) is 6.04 Å². The van der Waals surface area contributed by atoms with Crippen molar-refractivity contribution in [2.45, 2.75) is 44.7 Å². The van der Waals surface area contributed by atoms with Gasteiger partial charge in [0.25, 0.3) is 0 Å². The molecule has 1 fully saturated rings. The van der Waals surface area contributed by atoms with Gasteiger partial charge in [0, 0.05) is 24.5 Å². The Morgan fingerprint density at radius 3 is 2.73 bits per heavy atom. The zero-order valence-electron chi connectivity index (χ0n) is 9.11. The second-order valence-corrected chi connectivity index (χ2v) is 4.19. The zero-order valence-corrected chi connectivity index (χ0v) is 9.11. The maximum Gasteiger partial charge on any atom is 0.147 e. The number of nitrogens with one attached hydrogen (secondary N) is 1. The molecule has 15 heavy (non-hydrogen) atoms. The molecule has 0 aromatic carbocycles. The van der Waals surface area contributed by atoms with Gasteiger partial charge in [-0.25, -0.2) is 4.98 Å². The van der Waals surface area contributed by atoms with E-state index in [4.69, 9.17) is 5.73 Å². The lowest BCUT2D eigenvalue weighted by Crippen LogP contribution is -2.42. The van der Waals surface area contributed by atoms with E-state index in [9.17, 15) is 0 Å². The van der Waals surface area contributed by atoms with Gasteiger partial charge in [-0.1, -0.05) is 12.8 Å². The maximum atomic E-state index is 6.07. The van der Waals surface area contributed by atoms with Crippen molar-refractivity contribution in [1.29, 1.82) is 0 Å². The maximum absolute atomic E-state index is 6.07. The van der Waals surface area contributed by atoms with Gasteiger partial charge in [0.05, 0.1) is 5.69 Å². The second-order valence-electron chi connectivity index (χ2n) is 4.19. The summed E-state index contributed by atoms with van der Waals surface area (Å²) in [6, 6.07) is 0.606. The molecule has 1 heterocycles. The average molecular weight is 206 g/mol. The molecule has 1 aliphatic rings. The molecule has 82 valence electrons. The third kappa shape index (κ3) is 2.45. The Kier molecular flexibility index (Phi) is 3.16. The molecule has 0 saturated heterocycles. The van der Waals surface area contributed by atoms with Crippen molar-refractivity contribution in [2.75, 3.05) is 5.32 Å². The molecular weight excluding hydrogens is 188 g/mol. The molecule has 0 radical (unpaired) electrons. The summed E-state index contributed by atoms with van der Waals surface area (Å²) in [5.74, 6) is 0.875. The zero-order chi connectivity index (χ0) is 10.7. The summed E-state index contributed by atoms with van der Waals surface area (Å²) in [5, 5.41) is 3.40. The first-order valence-electron chi connectivity index (χ1n) is 5.57. The van der Waals surface area contributed by atoms with E-state index >= 15 is 0 Å². The topological polar surface area (TPSA) is 63.8 Å². The fourth-order valence-corrected chi connectivity index (χ4v) is 2.06. The molecule has 2 rings (SSSR count). The molecule has 4 heteroatoms. The van der Waals surface area contributed by atoms with E-state index in [1.165, 1.54) is 12.8 Å². The summed E-state index contributed by atoms with van der Waals surface area (Å²) >= 11 is 0. The van der Waals surface area contributed by atoms with Crippen LogP contribution < -0.4 is 11.1 Å². The van der Waals surface area contributed by atoms with Crippen LogP contribution in [0.1, 0.15) is 31.4 Å². The van der Waals surface area contributed by atoms with Crippen molar-refractivity contribution in [3.8, 4) is 0 Å². The quantitative estimate of drug-likeness (QED) is 0.769. The van der Waals surface area contributed by atoms with E-state index in [0.29, 0.717) is 6.04 Å². The van der Waals surface area contributed by atoms with Gasteiger partial charge < -0.3 is 11.1 Å². The van der Waals surface area contributed by atoms with Crippen molar-refractivity contribution in [1.82, 2.24) is 9.97 Å². The molecule has 0 aliphatic heterocycles. The first kappa shape index (κ1) is 10.4. The minimum absolute atomic E-state index is 0.250. The normalized spacial score (nSPS) is 26.3. The van der Waals surface area contributed by atoms with E-state index in [1.807, 2.05) is 6.92 Å². The summed E-state index contributed by atoms with van der Waals surface area (Å²) in [6.07, 6.45) is 8.17. The van der Waals surface area contributed by atoms with Crippen molar-refractivity contribution in [3.05, 3.63) is 18.1 Å². The Balaban J connectivity index is 2.04. The highest BCUT2D eigenvalue weighted by atomic mass is 15.1. The summed E-state index contributed by atoms with van der Waals surface area (Å²) in [6.45, 7) is 1.96. The minimum atomic E-state index is 0.250. The van der Waals surface area contributed by atoms with Gasteiger partial charge in [0.15, 0.2) is 0 Å². The van der Waals surface area contributed by atoms with E-state index in [1.54, 1.807) is 12.4 Å². The van der Waals surface area contributed by atoms with Crippen molar-refractivity contribution in [3.63, 3.8) is 0 Å². The number of nitrogens with two attached hydrogens (primary N) is 1. The minimum Gasteiger partial charge on any atom is -0.364 e. The number of anilines is 1. The first-order valence-corrected chi connectivity index (χ1v) is 5.57. The summed E-state index contributed by atoms with van der Waals surface area (Å²) in [4.78, 5) is 8.48. The molecule has 2 atom stereocenters. The lowest BCUT2D eigenvalue weighted by molar-refractivity contribution is 0.403. The molecule has 3 N–H and O–H groups in total. The van der Waals surface area contributed by atoms with Crippen LogP contribution in [0.2, 0.25) is 0 Å². The van der Waals surface area contributed by atoms with Gasteiger partial charge >= 0.3 is 0 Å². The predicted octanol–water partition coefficient (Wildman–Crippen LogP) is 1.47. The molecule has 0 bridgehead atoms. The highest BCUT2D eigenvalue weighted by molar-refractivity contribution is 5.39. The molecule has 1 aromatic heterocycles. The Labute approximate surface area is 90.3 Å². The monoisotopic (exact) mass is 206 g/mol. The Morgan fingerprint density at radius 2 is 2.00 bits per heavy atom. The summed E-state index contributed by atoms with van der Waals surface area (Å²) in [7, 11) is 0. The SMILES string of the molecule is Cc1nccnc1N[C@H]1CCCC[C@@H]1N. The van der Waals surface area contributed by atoms with Crippen LogP contribution in [0.5, 0.6) is 0 Å². The highest BCUT2D eigenvalue weighted by Gasteiger charge is 2.22. The van der Waals surface area contributed by atoms with E-state index in [0.717, 1.165) is 24.4 Å². The first-order chi connectivity index (χ1) is 7.27.